The summed E-state index contributed by atoms with van der Waals surface area (Å²) in [6.45, 7) is 11.6. The van der Waals surface area contributed by atoms with Gasteiger partial charge in [0.2, 0.25) is 0 Å². The number of nitrogens with zero attached hydrogens (tertiary/aromatic N) is 1. The smallest absolute Gasteiger partial charge is 0.0351 e. The van der Waals surface area contributed by atoms with Crippen molar-refractivity contribution in [2.24, 2.45) is 0 Å². The van der Waals surface area contributed by atoms with Crippen LogP contribution in [0.2, 0.25) is 0 Å². The van der Waals surface area contributed by atoms with E-state index in [2.05, 4.69) is 31.2 Å². The highest BCUT2D eigenvalue weighted by Crippen LogP contribution is 1.99. The van der Waals surface area contributed by atoms with Crippen LogP contribution in [-0.2, 0) is 0 Å². The summed E-state index contributed by atoms with van der Waals surface area (Å²) in [5, 5.41) is 0. The summed E-state index contributed by atoms with van der Waals surface area (Å²) in [5.41, 5.74) is 0. The van der Waals surface area contributed by atoms with Gasteiger partial charge < -0.3 is 4.90 Å². The fraction of sp³-hybridized carbons (Fsp3) is 0.500. The molecular weight excluding hydrogens is 158 g/mol. The Kier molecular flexibility index (Phi) is 8.42. The largest absolute Gasteiger partial charge is 0.374 e. The second-order valence-corrected chi connectivity index (χ2v) is 3.07. The van der Waals surface area contributed by atoms with Gasteiger partial charge in [0.1, 0.15) is 0 Å². The molecule has 0 rings (SSSR count). The van der Waals surface area contributed by atoms with Crippen molar-refractivity contribution in [3.63, 3.8) is 0 Å². The molecule has 0 fully saturated rings. The molecule has 0 aromatic carbocycles. The Bertz CT molecular complexity index is 159. The molecule has 1 heteroatoms. The standard InChI is InChI=1S/C12H21N/c1-4-7-9-12-13(10-6-3)11-8-5-2/h5-6,8,11H,2-4,7,9-10,12H2,1H3/b11-8+. The Balaban J connectivity index is 3.71. The Morgan fingerprint density at radius 3 is 2.54 bits per heavy atom. The molecule has 0 N–H and O–H groups in total. The number of unbranched alkanes of at least 4 members (excludes halogenated alkanes) is 2. The molecule has 0 radical (unpaired) electrons. The molecule has 13 heavy (non-hydrogen) atoms. The molecule has 0 heterocycles. The highest BCUT2D eigenvalue weighted by atomic mass is 15.1. The van der Waals surface area contributed by atoms with Crippen LogP contribution in [-0.4, -0.2) is 18.0 Å². The molecular formula is C12H21N. The molecule has 0 saturated carbocycles. The van der Waals surface area contributed by atoms with E-state index in [1.165, 1.54) is 19.3 Å². The van der Waals surface area contributed by atoms with E-state index in [0.717, 1.165) is 13.1 Å². The number of rotatable bonds is 8. The predicted molar refractivity (Wildman–Crippen MR) is 60.6 cm³/mol. The minimum Gasteiger partial charge on any atom is -0.374 e. The Labute approximate surface area is 82.4 Å². The molecule has 0 amide bonds. The first-order chi connectivity index (χ1) is 6.35. The highest BCUT2D eigenvalue weighted by molar-refractivity contribution is 4.97. The van der Waals surface area contributed by atoms with E-state index in [9.17, 15) is 0 Å². The number of allylic oxidation sites excluding steroid dienone is 2. The second-order valence-electron chi connectivity index (χ2n) is 3.07. The third-order valence-electron chi connectivity index (χ3n) is 1.85. The van der Waals surface area contributed by atoms with Crippen molar-refractivity contribution in [3.8, 4) is 0 Å². The van der Waals surface area contributed by atoms with E-state index in [0.29, 0.717) is 0 Å². The van der Waals surface area contributed by atoms with Crippen LogP contribution in [0.25, 0.3) is 0 Å². The van der Waals surface area contributed by atoms with Crippen molar-refractivity contribution in [1.82, 2.24) is 4.90 Å². The van der Waals surface area contributed by atoms with Crippen LogP contribution < -0.4 is 0 Å². The fourth-order valence-electron chi connectivity index (χ4n) is 1.14. The van der Waals surface area contributed by atoms with Gasteiger partial charge in [-0.25, -0.2) is 0 Å². The lowest BCUT2D eigenvalue weighted by Gasteiger charge is -2.17. The van der Waals surface area contributed by atoms with Crippen molar-refractivity contribution in [1.29, 1.82) is 0 Å². The minimum atomic E-state index is 0.925. The van der Waals surface area contributed by atoms with Crippen LogP contribution in [0.4, 0.5) is 0 Å². The van der Waals surface area contributed by atoms with Gasteiger partial charge >= 0.3 is 0 Å². The monoisotopic (exact) mass is 179 g/mol. The van der Waals surface area contributed by atoms with E-state index >= 15 is 0 Å². The summed E-state index contributed by atoms with van der Waals surface area (Å²) >= 11 is 0. The molecule has 0 aromatic heterocycles. The Hall–Kier alpha value is -0.980. The molecule has 0 spiro atoms. The maximum absolute atomic E-state index is 3.74. The van der Waals surface area contributed by atoms with Gasteiger partial charge in [-0.1, -0.05) is 38.5 Å². The average molecular weight is 179 g/mol. The van der Waals surface area contributed by atoms with Gasteiger partial charge in [0.15, 0.2) is 0 Å². The summed E-state index contributed by atoms with van der Waals surface area (Å²) < 4.78 is 0. The van der Waals surface area contributed by atoms with Crippen molar-refractivity contribution >= 4 is 0 Å². The number of hydrogen-bond donors (Lipinski definition) is 0. The van der Waals surface area contributed by atoms with Crippen molar-refractivity contribution in [2.75, 3.05) is 13.1 Å². The fourth-order valence-corrected chi connectivity index (χ4v) is 1.14. The minimum absolute atomic E-state index is 0.925. The SMILES string of the molecule is C=C/C=C/N(CC=C)CCCCC. The quantitative estimate of drug-likeness (QED) is 0.314. The topological polar surface area (TPSA) is 3.24 Å². The van der Waals surface area contributed by atoms with E-state index in [1.54, 1.807) is 6.08 Å². The lowest BCUT2D eigenvalue weighted by atomic mass is 10.2. The maximum Gasteiger partial charge on any atom is 0.0351 e. The zero-order chi connectivity index (χ0) is 9.94. The zero-order valence-corrected chi connectivity index (χ0v) is 8.71. The summed E-state index contributed by atoms with van der Waals surface area (Å²) in [6.07, 6.45) is 11.6. The molecule has 0 aliphatic rings. The van der Waals surface area contributed by atoms with Gasteiger partial charge in [0, 0.05) is 13.1 Å². The summed E-state index contributed by atoms with van der Waals surface area (Å²) in [6, 6.07) is 0. The third kappa shape index (κ3) is 7.38. The van der Waals surface area contributed by atoms with Crippen LogP contribution >= 0.6 is 0 Å². The molecule has 0 saturated heterocycles. The van der Waals surface area contributed by atoms with Crippen molar-refractivity contribution < 1.29 is 0 Å². The summed E-state index contributed by atoms with van der Waals surface area (Å²) in [4.78, 5) is 2.25. The first-order valence-electron chi connectivity index (χ1n) is 4.99. The molecule has 0 aromatic rings. The molecule has 74 valence electrons. The highest BCUT2D eigenvalue weighted by Gasteiger charge is 1.94. The van der Waals surface area contributed by atoms with Gasteiger partial charge in [-0.15, -0.1) is 6.58 Å². The molecule has 0 atom stereocenters. The van der Waals surface area contributed by atoms with Crippen LogP contribution in [0, 0.1) is 0 Å². The molecule has 0 bridgehead atoms. The molecule has 0 aliphatic carbocycles. The van der Waals surface area contributed by atoms with E-state index in [4.69, 9.17) is 0 Å². The Morgan fingerprint density at radius 1 is 1.23 bits per heavy atom. The molecule has 1 nitrogen and oxygen atoms in total. The summed E-state index contributed by atoms with van der Waals surface area (Å²) in [5.74, 6) is 0. The molecule has 0 unspecified atom stereocenters. The van der Waals surface area contributed by atoms with Crippen LogP contribution in [0.3, 0.4) is 0 Å². The van der Waals surface area contributed by atoms with Gasteiger partial charge in [0.25, 0.3) is 0 Å². The maximum atomic E-state index is 3.74. The van der Waals surface area contributed by atoms with E-state index < -0.39 is 0 Å². The van der Waals surface area contributed by atoms with Gasteiger partial charge in [-0.3, -0.25) is 0 Å². The first-order valence-corrected chi connectivity index (χ1v) is 4.99. The normalized spacial score (nSPS) is 10.2. The summed E-state index contributed by atoms with van der Waals surface area (Å²) in [7, 11) is 0. The van der Waals surface area contributed by atoms with Crippen LogP contribution in [0.15, 0.2) is 37.6 Å². The first kappa shape index (κ1) is 12.0. The lowest BCUT2D eigenvalue weighted by Crippen LogP contribution is -2.18. The average Bonchev–Trinajstić information content (AvgIpc) is 2.14. The van der Waals surface area contributed by atoms with Gasteiger partial charge in [0.05, 0.1) is 0 Å². The van der Waals surface area contributed by atoms with Crippen LogP contribution in [0.5, 0.6) is 0 Å². The predicted octanol–water partition coefficient (Wildman–Crippen LogP) is 3.36. The van der Waals surface area contributed by atoms with Crippen molar-refractivity contribution in [3.05, 3.63) is 37.6 Å². The van der Waals surface area contributed by atoms with Crippen LogP contribution in [0.1, 0.15) is 26.2 Å². The zero-order valence-electron chi connectivity index (χ0n) is 8.71. The Morgan fingerprint density at radius 2 is 2.00 bits per heavy atom. The van der Waals surface area contributed by atoms with E-state index in [1.807, 2.05) is 12.2 Å². The lowest BCUT2D eigenvalue weighted by molar-refractivity contribution is 0.400. The van der Waals surface area contributed by atoms with Crippen molar-refractivity contribution in [2.45, 2.75) is 26.2 Å². The second kappa shape index (κ2) is 9.11. The van der Waals surface area contributed by atoms with E-state index in [-0.39, 0.29) is 0 Å². The number of hydrogen-bond acceptors (Lipinski definition) is 1. The van der Waals surface area contributed by atoms with Gasteiger partial charge in [-0.05, 0) is 18.7 Å². The van der Waals surface area contributed by atoms with Gasteiger partial charge in [-0.2, -0.15) is 0 Å². The molecule has 0 aliphatic heterocycles. The third-order valence-corrected chi connectivity index (χ3v) is 1.85.